The first-order valence-corrected chi connectivity index (χ1v) is 6.88. The van der Waals surface area contributed by atoms with Crippen LogP contribution in [0.4, 0.5) is 13.2 Å². The Morgan fingerprint density at radius 1 is 1.32 bits per heavy atom. The number of halogens is 3. The molecule has 0 bridgehead atoms. The highest BCUT2D eigenvalue weighted by Gasteiger charge is 2.30. The number of nitrogens with one attached hydrogen (secondary N) is 1. The van der Waals surface area contributed by atoms with Crippen molar-refractivity contribution in [3.05, 3.63) is 0 Å². The standard InChI is InChI=1S/C13H23F3N2O/c1-9(8-13(14,15)16)18-12(19)7-4-10-2-5-11(17)6-3-10/h9-11H,2-8,17H2,1H3,(H,18,19). The molecule has 0 spiro atoms. The molecule has 0 aliphatic heterocycles. The summed E-state index contributed by atoms with van der Waals surface area (Å²) in [6.07, 6.45) is -0.144. The second kappa shape index (κ2) is 7.12. The van der Waals surface area contributed by atoms with Gasteiger partial charge in [0, 0.05) is 18.5 Å². The molecule has 3 nitrogen and oxygen atoms in total. The highest BCUT2D eigenvalue weighted by Crippen LogP contribution is 2.27. The minimum atomic E-state index is -4.23. The summed E-state index contributed by atoms with van der Waals surface area (Å²) in [7, 11) is 0. The van der Waals surface area contributed by atoms with Crippen molar-refractivity contribution in [1.82, 2.24) is 5.32 Å². The number of carbonyl (C=O) groups excluding carboxylic acids is 1. The third-order valence-electron chi connectivity index (χ3n) is 3.62. The normalized spacial score (nSPS) is 25.9. The van der Waals surface area contributed by atoms with E-state index in [9.17, 15) is 18.0 Å². The van der Waals surface area contributed by atoms with Crippen molar-refractivity contribution in [2.24, 2.45) is 11.7 Å². The summed E-state index contributed by atoms with van der Waals surface area (Å²) in [4.78, 5) is 11.5. The molecular formula is C13H23F3N2O. The molecule has 0 aromatic carbocycles. The van der Waals surface area contributed by atoms with Gasteiger partial charge in [-0.15, -0.1) is 0 Å². The first-order chi connectivity index (χ1) is 8.76. The van der Waals surface area contributed by atoms with Crippen molar-refractivity contribution >= 4 is 5.91 Å². The van der Waals surface area contributed by atoms with Crippen LogP contribution in [0, 0.1) is 5.92 Å². The zero-order chi connectivity index (χ0) is 14.5. The van der Waals surface area contributed by atoms with Crippen molar-refractivity contribution in [2.75, 3.05) is 0 Å². The van der Waals surface area contributed by atoms with Gasteiger partial charge in [-0.05, 0) is 44.9 Å². The molecule has 0 aromatic rings. The van der Waals surface area contributed by atoms with E-state index in [0.29, 0.717) is 12.3 Å². The molecule has 1 unspecified atom stereocenters. The zero-order valence-electron chi connectivity index (χ0n) is 11.3. The number of hydrogen-bond donors (Lipinski definition) is 2. The summed E-state index contributed by atoms with van der Waals surface area (Å²) in [5.41, 5.74) is 5.79. The second-order valence-corrected chi connectivity index (χ2v) is 5.61. The molecule has 19 heavy (non-hydrogen) atoms. The van der Waals surface area contributed by atoms with Gasteiger partial charge in [0.15, 0.2) is 0 Å². The Morgan fingerprint density at radius 2 is 1.89 bits per heavy atom. The number of hydrogen-bond acceptors (Lipinski definition) is 2. The van der Waals surface area contributed by atoms with Crippen molar-refractivity contribution < 1.29 is 18.0 Å². The largest absolute Gasteiger partial charge is 0.391 e. The fraction of sp³-hybridized carbons (Fsp3) is 0.923. The SMILES string of the molecule is CC(CC(F)(F)F)NC(=O)CCC1CCC(N)CC1. The number of alkyl halides is 3. The third-order valence-corrected chi connectivity index (χ3v) is 3.62. The Bertz CT molecular complexity index is 286. The number of rotatable bonds is 5. The Kier molecular flexibility index (Phi) is 6.10. The summed E-state index contributed by atoms with van der Waals surface area (Å²) in [5.74, 6) is 0.204. The smallest absolute Gasteiger partial charge is 0.353 e. The quantitative estimate of drug-likeness (QED) is 0.813. The van der Waals surface area contributed by atoms with Gasteiger partial charge in [0.25, 0.3) is 0 Å². The maximum absolute atomic E-state index is 12.1. The predicted octanol–water partition coefficient (Wildman–Crippen LogP) is 2.74. The maximum atomic E-state index is 12.1. The monoisotopic (exact) mass is 280 g/mol. The van der Waals surface area contributed by atoms with Crippen LogP contribution in [0.1, 0.15) is 51.9 Å². The number of carbonyl (C=O) groups is 1. The van der Waals surface area contributed by atoms with Crippen LogP contribution in [0.5, 0.6) is 0 Å². The molecule has 1 aliphatic carbocycles. The van der Waals surface area contributed by atoms with E-state index in [2.05, 4.69) is 5.32 Å². The minimum Gasteiger partial charge on any atom is -0.353 e. The van der Waals surface area contributed by atoms with Crippen LogP contribution >= 0.6 is 0 Å². The molecule has 1 aliphatic rings. The fourth-order valence-electron chi connectivity index (χ4n) is 2.56. The van der Waals surface area contributed by atoms with E-state index < -0.39 is 18.6 Å². The van der Waals surface area contributed by atoms with Gasteiger partial charge in [0.2, 0.25) is 5.91 Å². The first kappa shape index (κ1) is 16.3. The predicted molar refractivity (Wildman–Crippen MR) is 67.4 cm³/mol. The van der Waals surface area contributed by atoms with E-state index in [4.69, 9.17) is 5.73 Å². The molecule has 1 atom stereocenters. The average Bonchev–Trinajstić information content (AvgIpc) is 2.25. The van der Waals surface area contributed by atoms with Crippen molar-refractivity contribution in [2.45, 2.75) is 70.1 Å². The second-order valence-electron chi connectivity index (χ2n) is 5.61. The molecule has 1 fully saturated rings. The summed E-state index contributed by atoms with van der Waals surface area (Å²) >= 11 is 0. The van der Waals surface area contributed by atoms with Gasteiger partial charge in [0.05, 0.1) is 6.42 Å². The van der Waals surface area contributed by atoms with Gasteiger partial charge in [-0.2, -0.15) is 13.2 Å². The van der Waals surface area contributed by atoms with Gasteiger partial charge >= 0.3 is 6.18 Å². The topological polar surface area (TPSA) is 55.1 Å². The van der Waals surface area contributed by atoms with Crippen molar-refractivity contribution in [3.8, 4) is 0 Å². The van der Waals surface area contributed by atoms with E-state index in [1.54, 1.807) is 0 Å². The van der Waals surface area contributed by atoms with E-state index in [1.807, 2.05) is 0 Å². The Balaban J connectivity index is 2.17. The molecule has 1 rings (SSSR count). The zero-order valence-corrected chi connectivity index (χ0v) is 11.3. The Labute approximate surface area is 112 Å². The lowest BCUT2D eigenvalue weighted by Gasteiger charge is -2.26. The van der Waals surface area contributed by atoms with Gasteiger partial charge in [0.1, 0.15) is 0 Å². The van der Waals surface area contributed by atoms with E-state index >= 15 is 0 Å². The number of amides is 1. The van der Waals surface area contributed by atoms with Crippen LogP contribution in [-0.4, -0.2) is 24.2 Å². The first-order valence-electron chi connectivity index (χ1n) is 6.88. The van der Waals surface area contributed by atoms with Crippen LogP contribution < -0.4 is 11.1 Å². The van der Waals surface area contributed by atoms with Crippen LogP contribution in [-0.2, 0) is 4.79 Å². The molecule has 0 aromatic heterocycles. The molecule has 1 amide bonds. The molecule has 6 heteroatoms. The van der Waals surface area contributed by atoms with Gasteiger partial charge in [-0.3, -0.25) is 4.79 Å². The lowest BCUT2D eigenvalue weighted by Crippen LogP contribution is -2.36. The lowest BCUT2D eigenvalue weighted by atomic mass is 9.84. The summed E-state index contributed by atoms with van der Waals surface area (Å²) in [6, 6.07) is -0.579. The third kappa shape index (κ3) is 7.40. The molecule has 3 N–H and O–H groups in total. The molecule has 0 heterocycles. The summed E-state index contributed by atoms with van der Waals surface area (Å²) in [6.45, 7) is 1.38. The Hall–Kier alpha value is -0.780. The van der Waals surface area contributed by atoms with Crippen LogP contribution in [0.2, 0.25) is 0 Å². The van der Waals surface area contributed by atoms with E-state index in [0.717, 1.165) is 32.1 Å². The fourth-order valence-corrected chi connectivity index (χ4v) is 2.56. The summed E-state index contributed by atoms with van der Waals surface area (Å²) < 4.78 is 36.3. The maximum Gasteiger partial charge on any atom is 0.391 e. The molecule has 0 radical (unpaired) electrons. The van der Waals surface area contributed by atoms with Gasteiger partial charge in [-0.1, -0.05) is 0 Å². The molecule has 0 saturated heterocycles. The van der Waals surface area contributed by atoms with Gasteiger partial charge in [-0.25, -0.2) is 0 Å². The van der Waals surface area contributed by atoms with Crippen LogP contribution in [0.3, 0.4) is 0 Å². The lowest BCUT2D eigenvalue weighted by molar-refractivity contribution is -0.141. The van der Waals surface area contributed by atoms with Gasteiger partial charge < -0.3 is 11.1 Å². The van der Waals surface area contributed by atoms with Crippen molar-refractivity contribution in [1.29, 1.82) is 0 Å². The van der Waals surface area contributed by atoms with Crippen LogP contribution in [0.25, 0.3) is 0 Å². The number of nitrogens with two attached hydrogens (primary N) is 1. The van der Waals surface area contributed by atoms with E-state index in [1.165, 1.54) is 6.92 Å². The van der Waals surface area contributed by atoms with Crippen molar-refractivity contribution in [3.63, 3.8) is 0 Å². The molecule has 1 saturated carbocycles. The average molecular weight is 280 g/mol. The summed E-state index contributed by atoms with van der Waals surface area (Å²) in [5, 5.41) is 2.40. The minimum absolute atomic E-state index is 0.275. The van der Waals surface area contributed by atoms with E-state index in [-0.39, 0.29) is 11.9 Å². The molecule has 112 valence electrons. The highest BCUT2D eigenvalue weighted by atomic mass is 19.4. The Morgan fingerprint density at radius 3 is 2.42 bits per heavy atom. The molecular weight excluding hydrogens is 257 g/mol. The van der Waals surface area contributed by atoms with Crippen LogP contribution in [0.15, 0.2) is 0 Å². The highest BCUT2D eigenvalue weighted by molar-refractivity contribution is 5.76.